The summed E-state index contributed by atoms with van der Waals surface area (Å²) in [6.45, 7) is 1.72. The molecule has 25 heavy (non-hydrogen) atoms. The topological polar surface area (TPSA) is 51.2 Å². The van der Waals surface area contributed by atoms with E-state index in [9.17, 15) is 13.6 Å². The van der Waals surface area contributed by atoms with Crippen molar-refractivity contribution in [2.45, 2.75) is 13.5 Å². The number of carbonyl (C=O) groups excluding carboxylic acids is 1. The fourth-order valence-corrected chi connectivity index (χ4v) is 2.48. The van der Waals surface area contributed by atoms with Crippen LogP contribution in [0.2, 0.25) is 0 Å². The Morgan fingerprint density at radius 1 is 1.20 bits per heavy atom. The fourth-order valence-electron chi connectivity index (χ4n) is 2.48. The van der Waals surface area contributed by atoms with E-state index in [1.54, 1.807) is 37.4 Å². The molecule has 0 saturated carbocycles. The summed E-state index contributed by atoms with van der Waals surface area (Å²) in [5.74, 6) is -2.35. The van der Waals surface area contributed by atoms with Crippen LogP contribution < -0.4 is 10.1 Å². The maximum absolute atomic E-state index is 14.3. The zero-order valence-electron chi connectivity index (χ0n) is 13.6. The Labute approximate surface area is 143 Å². The highest BCUT2D eigenvalue weighted by molar-refractivity contribution is 5.97. The van der Waals surface area contributed by atoms with Gasteiger partial charge in [-0.2, -0.15) is 0 Å². The molecule has 2 aromatic carbocycles. The lowest BCUT2D eigenvalue weighted by molar-refractivity contribution is 0.0950. The first-order valence-corrected chi connectivity index (χ1v) is 7.82. The van der Waals surface area contributed by atoms with Crippen molar-refractivity contribution in [3.05, 3.63) is 71.4 Å². The number of ether oxygens (including phenoxy) is 1. The Morgan fingerprint density at radius 2 is 2.04 bits per heavy atom. The van der Waals surface area contributed by atoms with Gasteiger partial charge in [0.15, 0.2) is 17.4 Å². The zero-order chi connectivity index (χ0) is 17.8. The van der Waals surface area contributed by atoms with Gasteiger partial charge in [0, 0.05) is 29.3 Å². The minimum absolute atomic E-state index is 0.0733. The summed E-state index contributed by atoms with van der Waals surface area (Å²) in [5, 5.41) is 3.47. The summed E-state index contributed by atoms with van der Waals surface area (Å²) < 4.78 is 32.8. The first-order valence-electron chi connectivity index (χ1n) is 7.82. The molecule has 0 aliphatic rings. The average Bonchev–Trinajstić information content (AvgIpc) is 2.64. The molecular weight excluding hydrogens is 326 g/mol. The van der Waals surface area contributed by atoms with Crippen molar-refractivity contribution >= 4 is 16.8 Å². The van der Waals surface area contributed by atoms with E-state index in [1.807, 2.05) is 6.07 Å². The molecule has 0 spiro atoms. The van der Waals surface area contributed by atoms with E-state index >= 15 is 0 Å². The number of nitrogens with zero attached hydrogens (tertiary/aromatic N) is 1. The fraction of sp³-hybridized carbons (Fsp3) is 0.158. The van der Waals surface area contributed by atoms with Crippen molar-refractivity contribution in [3.8, 4) is 5.75 Å². The molecule has 0 aliphatic heterocycles. The van der Waals surface area contributed by atoms with E-state index in [1.165, 1.54) is 6.07 Å². The van der Waals surface area contributed by atoms with E-state index in [4.69, 9.17) is 4.74 Å². The van der Waals surface area contributed by atoms with Crippen molar-refractivity contribution in [1.82, 2.24) is 10.3 Å². The monoisotopic (exact) mass is 342 g/mol. The highest BCUT2D eigenvalue weighted by Crippen LogP contribution is 2.24. The molecule has 0 radical (unpaired) electrons. The van der Waals surface area contributed by atoms with Crippen LogP contribution in [0.15, 0.2) is 48.7 Å². The molecular formula is C19H16F2N2O2. The van der Waals surface area contributed by atoms with Crippen molar-refractivity contribution in [3.63, 3.8) is 0 Å². The lowest BCUT2D eigenvalue weighted by Gasteiger charge is -2.11. The molecule has 0 aliphatic carbocycles. The van der Waals surface area contributed by atoms with Gasteiger partial charge in [-0.25, -0.2) is 8.78 Å². The Hall–Kier alpha value is -3.02. The summed E-state index contributed by atoms with van der Waals surface area (Å²) in [5.41, 5.74) is 1.37. The number of aromatic nitrogens is 1. The molecule has 128 valence electrons. The Morgan fingerprint density at radius 3 is 2.84 bits per heavy atom. The van der Waals surface area contributed by atoms with E-state index in [0.29, 0.717) is 5.56 Å². The summed E-state index contributed by atoms with van der Waals surface area (Å²) in [6, 6.07) is 11.2. The molecule has 0 bridgehead atoms. The van der Waals surface area contributed by atoms with Gasteiger partial charge >= 0.3 is 0 Å². The molecule has 1 N–H and O–H groups in total. The Bertz CT molecular complexity index is 928. The van der Waals surface area contributed by atoms with Crippen LogP contribution in [0.4, 0.5) is 8.78 Å². The average molecular weight is 342 g/mol. The largest absolute Gasteiger partial charge is 0.488 e. The van der Waals surface area contributed by atoms with Gasteiger partial charge in [0.25, 0.3) is 5.91 Å². The van der Waals surface area contributed by atoms with Crippen LogP contribution in [0.25, 0.3) is 10.9 Å². The molecule has 3 aromatic rings. The van der Waals surface area contributed by atoms with Gasteiger partial charge in [-0.15, -0.1) is 0 Å². The SMILES string of the molecule is CCOc1c(F)ccc(CNC(=O)c2ccc3ncccc3c2)c1F. The number of halogens is 2. The highest BCUT2D eigenvalue weighted by atomic mass is 19.1. The van der Waals surface area contributed by atoms with Gasteiger partial charge < -0.3 is 10.1 Å². The van der Waals surface area contributed by atoms with Gasteiger partial charge in [0.1, 0.15) is 0 Å². The van der Waals surface area contributed by atoms with Crippen LogP contribution in [0.3, 0.4) is 0 Å². The lowest BCUT2D eigenvalue weighted by Crippen LogP contribution is -2.23. The second-order valence-corrected chi connectivity index (χ2v) is 5.38. The molecule has 4 nitrogen and oxygen atoms in total. The van der Waals surface area contributed by atoms with Crippen LogP contribution in [0.1, 0.15) is 22.8 Å². The van der Waals surface area contributed by atoms with Gasteiger partial charge in [-0.05, 0) is 37.3 Å². The number of carbonyl (C=O) groups is 1. The van der Waals surface area contributed by atoms with Gasteiger partial charge in [-0.1, -0.05) is 12.1 Å². The highest BCUT2D eigenvalue weighted by Gasteiger charge is 2.15. The molecule has 0 unspecified atom stereocenters. The molecule has 0 fully saturated rings. The predicted molar refractivity (Wildman–Crippen MR) is 90.4 cm³/mol. The van der Waals surface area contributed by atoms with Crippen LogP contribution in [0.5, 0.6) is 5.75 Å². The second kappa shape index (κ2) is 7.25. The molecule has 1 aromatic heterocycles. The molecule has 0 saturated heterocycles. The van der Waals surface area contributed by atoms with Crippen LogP contribution >= 0.6 is 0 Å². The summed E-state index contributed by atoms with van der Waals surface area (Å²) in [7, 11) is 0. The van der Waals surface area contributed by atoms with Gasteiger partial charge in [0.2, 0.25) is 0 Å². The maximum atomic E-state index is 14.3. The molecule has 1 heterocycles. The van der Waals surface area contributed by atoms with Crippen molar-refractivity contribution in [2.24, 2.45) is 0 Å². The summed E-state index contributed by atoms with van der Waals surface area (Å²) >= 11 is 0. The van der Waals surface area contributed by atoms with Crippen LogP contribution in [-0.4, -0.2) is 17.5 Å². The van der Waals surface area contributed by atoms with Crippen LogP contribution in [-0.2, 0) is 6.54 Å². The number of hydrogen-bond acceptors (Lipinski definition) is 3. The third kappa shape index (κ3) is 3.57. The molecule has 0 atom stereocenters. The van der Waals surface area contributed by atoms with E-state index in [2.05, 4.69) is 10.3 Å². The van der Waals surface area contributed by atoms with Crippen molar-refractivity contribution in [2.75, 3.05) is 6.61 Å². The lowest BCUT2D eigenvalue weighted by atomic mass is 10.1. The van der Waals surface area contributed by atoms with Crippen molar-refractivity contribution < 1.29 is 18.3 Å². The molecule has 6 heteroatoms. The number of fused-ring (bicyclic) bond motifs is 1. The number of rotatable bonds is 5. The first kappa shape index (κ1) is 16.8. The van der Waals surface area contributed by atoms with Gasteiger partial charge in [-0.3, -0.25) is 9.78 Å². The van der Waals surface area contributed by atoms with E-state index in [-0.39, 0.29) is 24.6 Å². The van der Waals surface area contributed by atoms with E-state index in [0.717, 1.165) is 17.0 Å². The summed E-state index contributed by atoms with van der Waals surface area (Å²) in [4.78, 5) is 16.5. The standard InChI is InChI=1S/C19H16F2N2O2/c1-2-25-18-15(20)7-5-14(17(18)21)11-23-19(24)13-6-8-16-12(10-13)4-3-9-22-16/h3-10H,2,11H2,1H3,(H,23,24). The third-order valence-corrected chi connectivity index (χ3v) is 3.72. The third-order valence-electron chi connectivity index (χ3n) is 3.72. The Kier molecular flexibility index (Phi) is 4.88. The van der Waals surface area contributed by atoms with Gasteiger partial charge in [0.05, 0.1) is 12.1 Å². The van der Waals surface area contributed by atoms with E-state index < -0.39 is 17.4 Å². The zero-order valence-corrected chi connectivity index (χ0v) is 13.6. The quantitative estimate of drug-likeness (QED) is 0.766. The number of hydrogen-bond donors (Lipinski definition) is 1. The minimum atomic E-state index is -0.801. The molecule has 1 amide bonds. The second-order valence-electron chi connectivity index (χ2n) is 5.38. The van der Waals surface area contributed by atoms with Crippen molar-refractivity contribution in [1.29, 1.82) is 0 Å². The number of amides is 1. The predicted octanol–water partition coefficient (Wildman–Crippen LogP) is 3.84. The smallest absolute Gasteiger partial charge is 0.251 e. The minimum Gasteiger partial charge on any atom is -0.488 e. The number of pyridine rings is 1. The first-order chi connectivity index (χ1) is 12.1. The maximum Gasteiger partial charge on any atom is 0.251 e. The number of benzene rings is 2. The van der Waals surface area contributed by atoms with Crippen LogP contribution in [0, 0.1) is 11.6 Å². The summed E-state index contributed by atoms with van der Waals surface area (Å²) in [6.07, 6.45) is 1.68. The number of nitrogens with one attached hydrogen (secondary N) is 1. The normalized spacial score (nSPS) is 10.7. The Balaban J connectivity index is 1.76. The molecule has 3 rings (SSSR count).